The summed E-state index contributed by atoms with van der Waals surface area (Å²) in [5, 5.41) is 3.17. The van der Waals surface area contributed by atoms with Crippen LogP contribution in [0, 0.1) is 0 Å². The van der Waals surface area contributed by atoms with Gasteiger partial charge < -0.3 is 11.1 Å². The van der Waals surface area contributed by atoms with Gasteiger partial charge in [0, 0.05) is 25.2 Å². The van der Waals surface area contributed by atoms with Crippen LogP contribution in [0.5, 0.6) is 0 Å². The Kier molecular flexibility index (Phi) is 9.45. The molecule has 2 aromatic rings. The number of nitrogens with zero attached hydrogens (tertiary/aromatic N) is 1. The van der Waals surface area contributed by atoms with E-state index in [0.29, 0.717) is 6.04 Å². The Morgan fingerprint density at radius 1 is 1.04 bits per heavy atom. The van der Waals surface area contributed by atoms with Gasteiger partial charge in [-0.15, -0.1) is 24.8 Å². The summed E-state index contributed by atoms with van der Waals surface area (Å²) in [6.07, 6.45) is 1.90. The number of nitrogens with two attached hydrogens (primary N) is 1. The molecule has 0 spiro atoms. The topological polar surface area (TPSA) is 58.4 Å². The molecule has 0 radical (unpaired) electrons. The largest absolute Gasteiger partial charge is 0.351 e. The molecule has 1 aliphatic heterocycles. The van der Waals surface area contributed by atoms with Crippen molar-refractivity contribution in [1.29, 1.82) is 0 Å². The Bertz CT molecular complexity index is 717. The van der Waals surface area contributed by atoms with E-state index in [4.69, 9.17) is 5.73 Å². The third-order valence-corrected chi connectivity index (χ3v) is 5.54. The zero-order chi connectivity index (χ0) is 18.6. The average Bonchev–Trinajstić information content (AvgIpc) is 2.69. The Labute approximate surface area is 180 Å². The zero-order valence-electron chi connectivity index (χ0n) is 16.5. The average molecular weight is 424 g/mol. The van der Waals surface area contributed by atoms with E-state index in [1.165, 1.54) is 5.56 Å². The van der Waals surface area contributed by atoms with Crippen LogP contribution < -0.4 is 11.1 Å². The summed E-state index contributed by atoms with van der Waals surface area (Å²) in [6.45, 7) is 5.99. The number of rotatable bonds is 5. The van der Waals surface area contributed by atoms with Crippen LogP contribution in [0.15, 0.2) is 60.7 Å². The van der Waals surface area contributed by atoms with Crippen LogP contribution in [0.25, 0.3) is 0 Å². The Hall–Kier alpha value is -1.59. The van der Waals surface area contributed by atoms with E-state index in [-0.39, 0.29) is 36.8 Å². The monoisotopic (exact) mass is 423 g/mol. The molecule has 1 fully saturated rings. The van der Waals surface area contributed by atoms with E-state index < -0.39 is 5.54 Å². The van der Waals surface area contributed by atoms with Crippen LogP contribution in [0.4, 0.5) is 0 Å². The van der Waals surface area contributed by atoms with Crippen molar-refractivity contribution in [3.05, 3.63) is 71.8 Å². The maximum atomic E-state index is 12.7. The van der Waals surface area contributed by atoms with E-state index in [1.807, 2.05) is 30.3 Å². The molecule has 0 saturated carbocycles. The number of piperidine rings is 1. The van der Waals surface area contributed by atoms with Crippen molar-refractivity contribution < 1.29 is 4.79 Å². The zero-order valence-corrected chi connectivity index (χ0v) is 18.1. The maximum Gasteiger partial charge on any atom is 0.244 e. The molecule has 1 heterocycles. The second kappa shape index (κ2) is 10.8. The number of carbonyl (C=O) groups is 1. The lowest BCUT2D eigenvalue weighted by atomic mass is 9.91. The van der Waals surface area contributed by atoms with Gasteiger partial charge in [-0.25, -0.2) is 0 Å². The molecule has 154 valence electrons. The highest BCUT2D eigenvalue weighted by atomic mass is 35.5. The lowest BCUT2D eigenvalue weighted by Crippen LogP contribution is -2.54. The number of likely N-dealkylation sites (tertiary alicyclic amines) is 1. The molecule has 2 atom stereocenters. The molecular weight excluding hydrogens is 393 g/mol. The van der Waals surface area contributed by atoms with Crippen molar-refractivity contribution in [1.82, 2.24) is 10.2 Å². The van der Waals surface area contributed by atoms with Crippen molar-refractivity contribution in [3.63, 3.8) is 0 Å². The Morgan fingerprint density at radius 3 is 2.07 bits per heavy atom. The predicted molar refractivity (Wildman–Crippen MR) is 120 cm³/mol. The Morgan fingerprint density at radius 2 is 1.54 bits per heavy atom. The van der Waals surface area contributed by atoms with Crippen molar-refractivity contribution in [2.75, 3.05) is 13.1 Å². The van der Waals surface area contributed by atoms with Gasteiger partial charge in [-0.2, -0.15) is 0 Å². The molecule has 0 aliphatic carbocycles. The first-order valence-electron chi connectivity index (χ1n) is 9.43. The highest BCUT2D eigenvalue weighted by Crippen LogP contribution is 2.25. The predicted octanol–water partition coefficient (Wildman–Crippen LogP) is 4.05. The van der Waals surface area contributed by atoms with E-state index >= 15 is 0 Å². The summed E-state index contributed by atoms with van der Waals surface area (Å²) in [7, 11) is 0. The van der Waals surface area contributed by atoms with Gasteiger partial charge in [0.2, 0.25) is 5.91 Å². The molecule has 3 N–H and O–H groups in total. The maximum absolute atomic E-state index is 12.7. The molecule has 6 heteroatoms. The van der Waals surface area contributed by atoms with Gasteiger partial charge in [0.05, 0.1) is 0 Å². The fraction of sp³-hybridized carbons (Fsp3) is 0.409. The SMILES string of the molecule is CC(c1ccccc1)N1CCC(NC(=O)C(C)(N)c2ccccc2)CC1.Cl.Cl. The van der Waals surface area contributed by atoms with Gasteiger partial charge in [-0.05, 0) is 37.8 Å². The van der Waals surface area contributed by atoms with Crippen LogP contribution in [-0.4, -0.2) is 29.9 Å². The van der Waals surface area contributed by atoms with Crippen LogP contribution >= 0.6 is 24.8 Å². The summed E-state index contributed by atoms with van der Waals surface area (Å²) in [6, 6.07) is 20.7. The smallest absolute Gasteiger partial charge is 0.244 e. The summed E-state index contributed by atoms with van der Waals surface area (Å²) in [5.74, 6) is -0.0988. The summed E-state index contributed by atoms with van der Waals surface area (Å²) < 4.78 is 0. The summed E-state index contributed by atoms with van der Waals surface area (Å²) in [5.41, 5.74) is 7.51. The molecule has 1 aliphatic rings. The minimum Gasteiger partial charge on any atom is -0.351 e. The highest BCUT2D eigenvalue weighted by Gasteiger charge is 2.33. The summed E-state index contributed by atoms with van der Waals surface area (Å²) >= 11 is 0. The number of hydrogen-bond acceptors (Lipinski definition) is 3. The first-order valence-corrected chi connectivity index (χ1v) is 9.43. The number of benzene rings is 2. The van der Waals surface area contributed by atoms with E-state index in [2.05, 4.69) is 47.5 Å². The summed E-state index contributed by atoms with van der Waals surface area (Å²) in [4.78, 5) is 15.2. The minimum absolute atomic E-state index is 0. The second-order valence-electron chi connectivity index (χ2n) is 7.44. The standard InChI is InChI=1S/C22H29N3O.2ClH/c1-17(18-9-5-3-6-10-18)25-15-13-20(14-16-25)24-21(26)22(2,23)19-11-7-4-8-12-19;;/h3-12,17,20H,13-16,23H2,1-2H3,(H,24,26);2*1H. The highest BCUT2D eigenvalue weighted by molar-refractivity contribution is 5.87. The van der Waals surface area contributed by atoms with E-state index in [1.54, 1.807) is 6.92 Å². The van der Waals surface area contributed by atoms with Crippen LogP contribution in [-0.2, 0) is 10.3 Å². The number of hydrogen-bond donors (Lipinski definition) is 2. The number of carbonyl (C=O) groups excluding carboxylic acids is 1. The quantitative estimate of drug-likeness (QED) is 0.762. The van der Waals surface area contributed by atoms with Gasteiger partial charge >= 0.3 is 0 Å². The van der Waals surface area contributed by atoms with Crippen LogP contribution in [0.3, 0.4) is 0 Å². The third kappa shape index (κ3) is 5.71. The number of nitrogens with one attached hydrogen (secondary N) is 1. The Balaban J connectivity index is 0.00000196. The van der Waals surface area contributed by atoms with Crippen molar-refractivity contribution in [3.8, 4) is 0 Å². The first kappa shape index (κ1) is 24.4. The molecule has 2 aromatic carbocycles. The van der Waals surface area contributed by atoms with Gasteiger partial charge in [-0.3, -0.25) is 9.69 Å². The van der Waals surface area contributed by atoms with Gasteiger partial charge in [0.25, 0.3) is 0 Å². The van der Waals surface area contributed by atoms with E-state index in [9.17, 15) is 4.79 Å². The van der Waals surface area contributed by atoms with Crippen molar-refractivity contribution in [2.45, 2.75) is 44.3 Å². The van der Waals surface area contributed by atoms with Crippen LogP contribution in [0.1, 0.15) is 43.9 Å². The van der Waals surface area contributed by atoms with Crippen molar-refractivity contribution in [2.24, 2.45) is 5.73 Å². The molecule has 2 unspecified atom stereocenters. The molecule has 0 aromatic heterocycles. The first-order chi connectivity index (χ1) is 12.5. The fourth-order valence-corrected chi connectivity index (χ4v) is 3.62. The molecule has 1 saturated heterocycles. The molecule has 0 bridgehead atoms. The molecule has 3 rings (SSSR count). The van der Waals surface area contributed by atoms with E-state index in [0.717, 1.165) is 31.5 Å². The normalized spacial score (nSPS) is 18.1. The molecular formula is C22H31Cl2N3O. The van der Waals surface area contributed by atoms with Gasteiger partial charge in [-0.1, -0.05) is 60.7 Å². The van der Waals surface area contributed by atoms with Crippen LogP contribution in [0.2, 0.25) is 0 Å². The lowest BCUT2D eigenvalue weighted by molar-refractivity contribution is -0.127. The molecule has 1 amide bonds. The third-order valence-electron chi connectivity index (χ3n) is 5.54. The minimum atomic E-state index is -1.00. The second-order valence-corrected chi connectivity index (χ2v) is 7.44. The van der Waals surface area contributed by atoms with Gasteiger partial charge in [0.1, 0.15) is 5.54 Å². The molecule has 4 nitrogen and oxygen atoms in total. The van der Waals surface area contributed by atoms with Gasteiger partial charge in [0.15, 0.2) is 0 Å². The number of amides is 1. The van der Waals surface area contributed by atoms with Crippen molar-refractivity contribution >= 4 is 30.7 Å². The molecule has 28 heavy (non-hydrogen) atoms. The lowest BCUT2D eigenvalue weighted by Gasteiger charge is -2.37. The fourth-order valence-electron chi connectivity index (χ4n) is 3.62. The number of halogens is 2.